The molecule has 0 bridgehead atoms. The summed E-state index contributed by atoms with van der Waals surface area (Å²) in [6.45, 7) is 1.43. The van der Waals surface area contributed by atoms with Crippen molar-refractivity contribution in [2.24, 2.45) is 0 Å². The van der Waals surface area contributed by atoms with Crippen LogP contribution in [0.5, 0.6) is 5.75 Å². The van der Waals surface area contributed by atoms with E-state index in [1.54, 1.807) is 17.0 Å². The molecule has 0 radical (unpaired) electrons. The van der Waals surface area contributed by atoms with E-state index in [4.69, 9.17) is 4.74 Å². The van der Waals surface area contributed by atoms with Crippen LogP contribution in [0.15, 0.2) is 24.3 Å². The number of amides is 2. The third-order valence-electron chi connectivity index (χ3n) is 3.27. The van der Waals surface area contributed by atoms with Crippen molar-refractivity contribution in [3.8, 4) is 5.75 Å². The smallest absolute Gasteiger partial charge is 0.275 e. The number of fused-ring (bicyclic) bond motifs is 1. The maximum Gasteiger partial charge on any atom is 0.275 e. The van der Waals surface area contributed by atoms with Crippen LogP contribution in [-0.4, -0.2) is 35.9 Å². The van der Waals surface area contributed by atoms with Crippen LogP contribution in [0.1, 0.15) is 12.8 Å². The molecule has 1 fully saturated rings. The van der Waals surface area contributed by atoms with Crippen LogP contribution in [0, 0.1) is 0 Å². The first-order valence-corrected chi connectivity index (χ1v) is 6.11. The summed E-state index contributed by atoms with van der Waals surface area (Å²) in [5.41, 5.74) is 0.618. The van der Waals surface area contributed by atoms with Crippen LogP contribution in [0.25, 0.3) is 0 Å². The number of para-hydroxylation sites is 2. The fourth-order valence-electron chi connectivity index (χ4n) is 2.32. The lowest BCUT2D eigenvalue weighted by atomic mass is 10.2. The summed E-state index contributed by atoms with van der Waals surface area (Å²) >= 11 is 0. The number of carbonyl (C=O) groups excluding carboxylic acids is 2. The number of likely N-dealkylation sites (tertiary alicyclic amines) is 1. The second-order valence-corrected chi connectivity index (χ2v) is 4.52. The molecular weight excluding hydrogens is 232 g/mol. The molecule has 5 heteroatoms. The summed E-state index contributed by atoms with van der Waals surface area (Å²) in [5, 5.41) is 2.70. The highest BCUT2D eigenvalue weighted by Gasteiger charge is 2.37. The molecule has 0 unspecified atom stereocenters. The molecule has 3 rings (SSSR count). The van der Waals surface area contributed by atoms with Gasteiger partial charge in [0.2, 0.25) is 0 Å². The van der Waals surface area contributed by atoms with E-state index in [-0.39, 0.29) is 11.8 Å². The second kappa shape index (κ2) is 4.33. The topological polar surface area (TPSA) is 58.6 Å². The summed E-state index contributed by atoms with van der Waals surface area (Å²) in [4.78, 5) is 25.7. The molecule has 1 saturated heterocycles. The zero-order valence-electron chi connectivity index (χ0n) is 9.89. The Kier molecular flexibility index (Phi) is 2.66. The highest BCUT2D eigenvalue weighted by molar-refractivity contribution is 6.11. The van der Waals surface area contributed by atoms with Crippen molar-refractivity contribution in [1.29, 1.82) is 0 Å². The zero-order chi connectivity index (χ0) is 12.5. The SMILES string of the molecule is O=C1Nc2ccccc2O[C@H]1C(=O)N1CCCC1. The van der Waals surface area contributed by atoms with Gasteiger partial charge >= 0.3 is 0 Å². The Bertz CT molecular complexity index is 495. The van der Waals surface area contributed by atoms with E-state index in [0.29, 0.717) is 24.5 Å². The van der Waals surface area contributed by atoms with Crippen molar-refractivity contribution in [2.45, 2.75) is 18.9 Å². The molecule has 1 aromatic carbocycles. The Hall–Kier alpha value is -2.04. The van der Waals surface area contributed by atoms with Gasteiger partial charge in [-0.1, -0.05) is 12.1 Å². The van der Waals surface area contributed by atoms with Gasteiger partial charge in [0.15, 0.2) is 0 Å². The van der Waals surface area contributed by atoms with E-state index in [1.807, 2.05) is 12.1 Å². The van der Waals surface area contributed by atoms with Gasteiger partial charge in [-0.3, -0.25) is 9.59 Å². The van der Waals surface area contributed by atoms with E-state index < -0.39 is 6.10 Å². The molecule has 2 aliphatic rings. The molecule has 2 heterocycles. The van der Waals surface area contributed by atoms with Crippen LogP contribution in [0.4, 0.5) is 5.69 Å². The van der Waals surface area contributed by atoms with E-state index >= 15 is 0 Å². The Balaban J connectivity index is 1.82. The van der Waals surface area contributed by atoms with Crippen LogP contribution < -0.4 is 10.1 Å². The van der Waals surface area contributed by atoms with E-state index in [0.717, 1.165) is 12.8 Å². The van der Waals surface area contributed by atoms with Crippen molar-refractivity contribution in [1.82, 2.24) is 4.90 Å². The van der Waals surface area contributed by atoms with Crippen LogP contribution in [0.2, 0.25) is 0 Å². The Labute approximate surface area is 105 Å². The molecule has 2 amide bonds. The Morgan fingerprint density at radius 3 is 2.78 bits per heavy atom. The first kappa shape index (κ1) is 11.1. The van der Waals surface area contributed by atoms with Crippen molar-refractivity contribution in [3.05, 3.63) is 24.3 Å². The molecule has 0 spiro atoms. The fraction of sp³-hybridized carbons (Fsp3) is 0.385. The van der Waals surface area contributed by atoms with Crippen LogP contribution in [0.3, 0.4) is 0 Å². The molecule has 0 aliphatic carbocycles. The molecule has 0 aromatic heterocycles. The van der Waals surface area contributed by atoms with E-state index in [2.05, 4.69) is 5.32 Å². The summed E-state index contributed by atoms with van der Waals surface area (Å²) in [5.74, 6) is -0.0697. The van der Waals surface area contributed by atoms with E-state index in [9.17, 15) is 9.59 Å². The minimum absolute atomic E-state index is 0.237. The molecular formula is C13H14N2O3. The number of hydrogen-bond acceptors (Lipinski definition) is 3. The third kappa shape index (κ3) is 1.81. The largest absolute Gasteiger partial charge is 0.468 e. The van der Waals surface area contributed by atoms with Gasteiger partial charge in [-0.25, -0.2) is 0 Å². The Morgan fingerprint density at radius 1 is 1.28 bits per heavy atom. The van der Waals surface area contributed by atoms with Crippen molar-refractivity contribution in [2.75, 3.05) is 18.4 Å². The fourth-order valence-corrected chi connectivity index (χ4v) is 2.32. The number of carbonyl (C=O) groups is 2. The van der Waals surface area contributed by atoms with Gasteiger partial charge in [-0.15, -0.1) is 0 Å². The number of nitrogens with one attached hydrogen (secondary N) is 1. The van der Waals surface area contributed by atoms with Gasteiger partial charge in [-0.2, -0.15) is 0 Å². The number of anilines is 1. The van der Waals surface area contributed by atoms with E-state index in [1.165, 1.54) is 0 Å². The number of benzene rings is 1. The first-order valence-electron chi connectivity index (χ1n) is 6.11. The molecule has 2 aliphatic heterocycles. The average molecular weight is 246 g/mol. The van der Waals surface area contributed by atoms with Gasteiger partial charge in [0.05, 0.1) is 5.69 Å². The predicted molar refractivity (Wildman–Crippen MR) is 65.3 cm³/mol. The zero-order valence-corrected chi connectivity index (χ0v) is 9.89. The monoisotopic (exact) mass is 246 g/mol. The third-order valence-corrected chi connectivity index (χ3v) is 3.27. The van der Waals surface area contributed by atoms with Crippen molar-refractivity contribution < 1.29 is 14.3 Å². The lowest BCUT2D eigenvalue weighted by molar-refractivity contribution is -0.143. The highest BCUT2D eigenvalue weighted by atomic mass is 16.5. The lowest BCUT2D eigenvalue weighted by Crippen LogP contribution is -2.49. The summed E-state index contributed by atoms with van der Waals surface area (Å²) in [6.07, 6.45) is 0.950. The molecule has 1 N–H and O–H groups in total. The Morgan fingerprint density at radius 2 is 2.00 bits per heavy atom. The number of ether oxygens (including phenoxy) is 1. The minimum atomic E-state index is -1.04. The van der Waals surface area contributed by atoms with Gasteiger partial charge in [0, 0.05) is 13.1 Å². The summed E-state index contributed by atoms with van der Waals surface area (Å²) in [6, 6.07) is 7.13. The summed E-state index contributed by atoms with van der Waals surface area (Å²) < 4.78 is 5.52. The second-order valence-electron chi connectivity index (χ2n) is 4.52. The molecule has 94 valence electrons. The van der Waals surface area contributed by atoms with Gasteiger partial charge in [0.1, 0.15) is 5.75 Å². The minimum Gasteiger partial charge on any atom is -0.468 e. The molecule has 5 nitrogen and oxygen atoms in total. The number of nitrogens with zero attached hydrogens (tertiary/aromatic N) is 1. The molecule has 18 heavy (non-hydrogen) atoms. The van der Waals surface area contributed by atoms with Crippen LogP contribution >= 0.6 is 0 Å². The quantitative estimate of drug-likeness (QED) is 0.752. The van der Waals surface area contributed by atoms with Gasteiger partial charge < -0.3 is 15.0 Å². The molecule has 0 saturated carbocycles. The first-order chi connectivity index (χ1) is 8.75. The normalized spacial score (nSPS) is 22.1. The van der Waals surface area contributed by atoms with Gasteiger partial charge in [-0.05, 0) is 25.0 Å². The maximum absolute atomic E-state index is 12.2. The molecule has 1 aromatic rings. The standard InChI is InChI=1S/C13H14N2O3/c16-12-11(13(17)15-7-3-4-8-15)18-10-6-2-1-5-9(10)14-12/h1-2,5-6,11H,3-4,7-8H2,(H,14,16)/t11-/m1/s1. The predicted octanol–water partition coefficient (Wildman–Crippen LogP) is 1.01. The van der Waals surface area contributed by atoms with Crippen LogP contribution in [-0.2, 0) is 9.59 Å². The summed E-state index contributed by atoms with van der Waals surface area (Å²) in [7, 11) is 0. The van der Waals surface area contributed by atoms with Crippen molar-refractivity contribution in [3.63, 3.8) is 0 Å². The maximum atomic E-state index is 12.2. The average Bonchev–Trinajstić information content (AvgIpc) is 2.91. The number of rotatable bonds is 1. The lowest BCUT2D eigenvalue weighted by Gasteiger charge is -2.27. The molecule has 1 atom stereocenters. The number of hydrogen-bond donors (Lipinski definition) is 1. The highest BCUT2D eigenvalue weighted by Crippen LogP contribution is 2.29. The van der Waals surface area contributed by atoms with Crippen molar-refractivity contribution >= 4 is 17.5 Å². The van der Waals surface area contributed by atoms with Gasteiger partial charge in [0.25, 0.3) is 17.9 Å².